The van der Waals surface area contributed by atoms with Gasteiger partial charge in [0.1, 0.15) is 5.78 Å². The van der Waals surface area contributed by atoms with Crippen LogP contribution in [0.4, 0.5) is 0 Å². The van der Waals surface area contributed by atoms with Gasteiger partial charge in [-0.15, -0.1) is 0 Å². The molecule has 2 aliphatic rings. The Hall–Kier alpha value is -0.370. The predicted octanol–water partition coefficient (Wildman–Crippen LogP) is 1.59. The van der Waals surface area contributed by atoms with Crippen molar-refractivity contribution in [1.82, 2.24) is 4.90 Å². The molecule has 68 valence electrons. The molecule has 0 amide bonds. The molecule has 0 aromatic rings. The second-order valence-corrected chi connectivity index (χ2v) is 4.05. The van der Waals surface area contributed by atoms with Crippen molar-refractivity contribution in [3.8, 4) is 0 Å². The molecule has 2 rings (SSSR count). The molecule has 2 heteroatoms. The number of hydrogen-bond donors (Lipinski definition) is 0. The Balaban J connectivity index is 1.99. The minimum absolute atomic E-state index is 0.452. The fourth-order valence-electron chi connectivity index (χ4n) is 2.41. The van der Waals surface area contributed by atoms with E-state index in [-0.39, 0.29) is 0 Å². The summed E-state index contributed by atoms with van der Waals surface area (Å²) in [5, 5.41) is 0. The van der Waals surface area contributed by atoms with Gasteiger partial charge < -0.3 is 0 Å². The molecule has 0 bridgehead atoms. The Morgan fingerprint density at radius 2 is 2.08 bits per heavy atom. The summed E-state index contributed by atoms with van der Waals surface area (Å²) in [5.74, 6) is 0.452. The van der Waals surface area contributed by atoms with Gasteiger partial charge in [0, 0.05) is 12.5 Å². The fourth-order valence-corrected chi connectivity index (χ4v) is 2.41. The van der Waals surface area contributed by atoms with E-state index in [0.29, 0.717) is 5.78 Å². The molecule has 0 saturated carbocycles. The highest BCUT2D eigenvalue weighted by Crippen LogP contribution is 2.23. The van der Waals surface area contributed by atoms with Gasteiger partial charge in [-0.1, -0.05) is 12.8 Å². The molecule has 2 nitrogen and oxygen atoms in total. The molecule has 0 N–H and O–H groups in total. The maximum Gasteiger partial charge on any atom is 0.146 e. The SMILES string of the molecule is O=C1CCC2CCCCCN2C1. The zero-order valence-electron chi connectivity index (χ0n) is 7.59. The largest absolute Gasteiger partial charge is 0.298 e. The van der Waals surface area contributed by atoms with E-state index in [2.05, 4.69) is 4.90 Å². The second kappa shape index (κ2) is 3.56. The van der Waals surface area contributed by atoms with Crippen LogP contribution >= 0.6 is 0 Å². The summed E-state index contributed by atoms with van der Waals surface area (Å²) in [6.45, 7) is 1.90. The monoisotopic (exact) mass is 167 g/mol. The minimum Gasteiger partial charge on any atom is -0.298 e. The quantitative estimate of drug-likeness (QED) is 0.546. The van der Waals surface area contributed by atoms with Crippen LogP contribution in [0.5, 0.6) is 0 Å². The van der Waals surface area contributed by atoms with Gasteiger partial charge in [-0.3, -0.25) is 9.69 Å². The molecule has 2 aliphatic heterocycles. The fraction of sp³-hybridized carbons (Fsp3) is 0.900. The second-order valence-electron chi connectivity index (χ2n) is 4.05. The van der Waals surface area contributed by atoms with Crippen molar-refractivity contribution in [2.75, 3.05) is 13.1 Å². The van der Waals surface area contributed by atoms with Crippen LogP contribution in [0, 0.1) is 0 Å². The summed E-state index contributed by atoms with van der Waals surface area (Å²) < 4.78 is 0. The van der Waals surface area contributed by atoms with E-state index in [1.807, 2.05) is 0 Å². The Kier molecular flexibility index (Phi) is 2.45. The van der Waals surface area contributed by atoms with Gasteiger partial charge in [-0.05, 0) is 25.8 Å². The first kappa shape index (κ1) is 8.24. The first-order chi connectivity index (χ1) is 5.86. The zero-order chi connectivity index (χ0) is 8.39. The molecular formula is C10H17NO. The van der Waals surface area contributed by atoms with Crippen LogP contribution in [0.2, 0.25) is 0 Å². The normalized spacial score (nSPS) is 32.7. The molecule has 0 aromatic carbocycles. The number of piperidine rings is 1. The third-order valence-corrected chi connectivity index (χ3v) is 3.13. The minimum atomic E-state index is 0.452. The molecule has 0 aromatic heterocycles. The molecule has 1 atom stereocenters. The first-order valence-corrected chi connectivity index (χ1v) is 5.12. The van der Waals surface area contributed by atoms with Crippen LogP contribution in [0.15, 0.2) is 0 Å². The molecule has 2 saturated heterocycles. The van der Waals surface area contributed by atoms with Gasteiger partial charge in [-0.2, -0.15) is 0 Å². The average molecular weight is 167 g/mol. The Morgan fingerprint density at radius 3 is 3.00 bits per heavy atom. The number of Topliss-reactive ketones (excluding diaryl/α,β-unsaturated/α-hetero) is 1. The van der Waals surface area contributed by atoms with Crippen molar-refractivity contribution < 1.29 is 4.79 Å². The van der Waals surface area contributed by atoms with Crippen LogP contribution in [0.1, 0.15) is 38.5 Å². The predicted molar refractivity (Wildman–Crippen MR) is 48.1 cm³/mol. The summed E-state index contributed by atoms with van der Waals surface area (Å²) in [5.41, 5.74) is 0. The lowest BCUT2D eigenvalue weighted by Gasteiger charge is -2.33. The van der Waals surface area contributed by atoms with Gasteiger partial charge in [-0.25, -0.2) is 0 Å². The summed E-state index contributed by atoms with van der Waals surface area (Å²) in [6.07, 6.45) is 7.31. The lowest BCUT2D eigenvalue weighted by Crippen LogP contribution is -2.43. The Bertz CT molecular complexity index is 179. The highest BCUT2D eigenvalue weighted by atomic mass is 16.1. The molecule has 0 radical (unpaired) electrons. The molecule has 1 unspecified atom stereocenters. The summed E-state index contributed by atoms with van der Waals surface area (Å²) in [7, 11) is 0. The summed E-state index contributed by atoms with van der Waals surface area (Å²) in [4.78, 5) is 13.6. The highest BCUT2D eigenvalue weighted by Gasteiger charge is 2.27. The van der Waals surface area contributed by atoms with Crippen LogP contribution in [-0.2, 0) is 4.79 Å². The first-order valence-electron chi connectivity index (χ1n) is 5.12. The van der Waals surface area contributed by atoms with Gasteiger partial charge >= 0.3 is 0 Å². The smallest absolute Gasteiger partial charge is 0.146 e. The Labute approximate surface area is 73.9 Å². The van der Waals surface area contributed by atoms with Crippen molar-refractivity contribution in [1.29, 1.82) is 0 Å². The molecule has 0 aliphatic carbocycles. The van der Waals surface area contributed by atoms with Crippen molar-refractivity contribution in [2.45, 2.75) is 44.6 Å². The van der Waals surface area contributed by atoms with Crippen LogP contribution < -0.4 is 0 Å². The number of ketones is 1. The van der Waals surface area contributed by atoms with E-state index in [0.717, 1.165) is 32.0 Å². The van der Waals surface area contributed by atoms with E-state index in [9.17, 15) is 4.79 Å². The van der Waals surface area contributed by atoms with E-state index in [1.54, 1.807) is 0 Å². The standard InChI is InChI=1S/C10H17NO/c12-10-6-5-9-4-2-1-3-7-11(9)8-10/h9H,1-8H2. The molecule has 0 spiro atoms. The molecule has 2 fully saturated rings. The molecule has 12 heavy (non-hydrogen) atoms. The van der Waals surface area contributed by atoms with Crippen LogP contribution in [0.3, 0.4) is 0 Å². The van der Waals surface area contributed by atoms with Crippen molar-refractivity contribution in [3.05, 3.63) is 0 Å². The number of hydrogen-bond acceptors (Lipinski definition) is 2. The lowest BCUT2D eigenvalue weighted by molar-refractivity contribution is -0.123. The van der Waals surface area contributed by atoms with E-state index < -0.39 is 0 Å². The van der Waals surface area contributed by atoms with Crippen LogP contribution in [0.25, 0.3) is 0 Å². The number of fused-ring (bicyclic) bond motifs is 1. The summed E-state index contributed by atoms with van der Waals surface area (Å²) in [6, 6.07) is 0.741. The third-order valence-electron chi connectivity index (χ3n) is 3.13. The number of carbonyl (C=O) groups is 1. The molecular weight excluding hydrogens is 150 g/mol. The highest BCUT2D eigenvalue weighted by molar-refractivity contribution is 5.81. The number of nitrogens with zero attached hydrogens (tertiary/aromatic N) is 1. The lowest BCUT2D eigenvalue weighted by atomic mass is 9.98. The maximum atomic E-state index is 11.2. The van der Waals surface area contributed by atoms with Crippen molar-refractivity contribution >= 4 is 5.78 Å². The van der Waals surface area contributed by atoms with E-state index in [4.69, 9.17) is 0 Å². The molecule has 2 heterocycles. The number of carbonyl (C=O) groups excluding carboxylic acids is 1. The van der Waals surface area contributed by atoms with Gasteiger partial charge in [0.2, 0.25) is 0 Å². The van der Waals surface area contributed by atoms with Crippen LogP contribution in [-0.4, -0.2) is 29.8 Å². The third kappa shape index (κ3) is 1.69. The van der Waals surface area contributed by atoms with E-state index >= 15 is 0 Å². The average Bonchev–Trinajstić information content (AvgIpc) is 2.28. The summed E-state index contributed by atoms with van der Waals surface area (Å²) >= 11 is 0. The number of rotatable bonds is 0. The zero-order valence-corrected chi connectivity index (χ0v) is 7.59. The van der Waals surface area contributed by atoms with Gasteiger partial charge in [0.05, 0.1) is 6.54 Å². The topological polar surface area (TPSA) is 20.3 Å². The van der Waals surface area contributed by atoms with E-state index in [1.165, 1.54) is 25.7 Å². The van der Waals surface area contributed by atoms with Gasteiger partial charge in [0.25, 0.3) is 0 Å². The maximum absolute atomic E-state index is 11.2. The van der Waals surface area contributed by atoms with Crippen molar-refractivity contribution in [3.63, 3.8) is 0 Å². The Morgan fingerprint density at radius 1 is 1.17 bits per heavy atom. The van der Waals surface area contributed by atoms with Crippen molar-refractivity contribution in [2.24, 2.45) is 0 Å². The van der Waals surface area contributed by atoms with Gasteiger partial charge in [0.15, 0.2) is 0 Å².